The molecule has 2 N–H and O–H groups in total. The van der Waals surface area contributed by atoms with Crippen LogP contribution in [0.3, 0.4) is 0 Å². The Morgan fingerprint density at radius 3 is 2.94 bits per heavy atom. The van der Waals surface area contributed by atoms with Gasteiger partial charge in [-0.2, -0.15) is 0 Å². The quantitative estimate of drug-likeness (QED) is 0.814. The van der Waals surface area contributed by atoms with Crippen LogP contribution in [0, 0.1) is 0 Å². The van der Waals surface area contributed by atoms with Crippen LogP contribution in [0.25, 0.3) is 5.65 Å². The number of sulfone groups is 1. The number of nitrogens with two attached hydrogens (primary N) is 1. The minimum Gasteiger partial charge on any atom is -0.396 e. The van der Waals surface area contributed by atoms with Gasteiger partial charge >= 0.3 is 0 Å². The predicted octanol–water partition coefficient (Wildman–Crippen LogP) is 0.819. The second-order valence-electron chi connectivity index (χ2n) is 4.46. The number of imidazole rings is 1. The van der Waals surface area contributed by atoms with E-state index in [0.717, 1.165) is 5.69 Å². The molecule has 2 aromatic rings. The average molecular weight is 251 g/mol. The van der Waals surface area contributed by atoms with Gasteiger partial charge in [-0.05, 0) is 18.6 Å². The first kappa shape index (κ1) is 10.6. The summed E-state index contributed by atoms with van der Waals surface area (Å²) < 4.78 is 24.7. The Morgan fingerprint density at radius 1 is 1.47 bits per heavy atom. The molecular weight excluding hydrogens is 238 g/mol. The third-order valence-electron chi connectivity index (χ3n) is 3.18. The van der Waals surface area contributed by atoms with Gasteiger partial charge in [0.2, 0.25) is 0 Å². The smallest absolute Gasteiger partial charge is 0.160 e. The molecule has 0 spiro atoms. The van der Waals surface area contributed by atoms with Crippen molar-refractivity contribution in [2.45, 2.75) is 12.3 Å². The Kier molecular flexibility index (Phi) is 2.16. The van der Waals surface area contributed by atoms with E-state index in [0.29, 0.717) is 17.8 Å². The van der Waals surface area contributed by atoms with Gasteiger partial charge in [-0.25, -0.2) is 13.4 Å². The molecule has 0 saturated carbocycles. The molecule has 17 heavy (non-hydrogen) atoms. The molecule has 1 saturated heterocycles. The molecule has 5 nitrogen and oxygen atoms in total. The highest BCUT2D eigenvalue weighted by Crippen LogP contribution is 2.29. The van der Waals surface area contributed by atoms with Crippen LogP contribution < -0.4 is 5.73 Å². The highest BCUT2D eigenvalue weighted by atomic mass is 32.2. The molecule has 3 rings (SSSR count). The van der Waals surface area contributed by atoms with Crippen molar-refractivity contribution in [1.82, 2.24) is 9.38 Å². The third-order valence-corrected chi connectivity index (χ3v) is 4.95. The van der Waals surface area contributed by atoms with E-state index in [1.807, 2.05) is 22.9 Å². The van der Waals surface area contributed by atoms with E-state index in [2.05, 4.69) is 4.98 Å². The van der Waals surface area contributed by atoms with Crippen LogP contribution in [-0.2, 0) is 9.84 Å². The zero-order valence-corrected chi connectivity index (χ0v) is 10.0. The zero-order chi connectivity index (χ0) is 12.0. The van der Waals surface area contributed by atoms with Crippen LogP contribution in [-0.4, -0.2) is 29.3 Å². The van der Waals surface area contributed by atoms with E-state index in [-0.39, 0.29) is 17.4 Å². The number of pyridine rings is 1. The lowest BCUT2D eigenvalue weighted by Gasteiger charge is -2.00. The first-order valence-electron chi connectivity index (χ1n) is 5.49. The maximum Gasteiger partial charge on any atom is 0.160 e. The summed E-state index contributed by atoms with van der Waals surface area (Å²) in [5.74, 6) is 0.483. The monoisotopic (exact) mass is 251 g/mol. The Morgan fingerprint density at radius 2 is 2.29 bits per heavy atom. The minimum atomic E-state index is -2.87. The van der Waals surface area contributed by atoms with Crippen molar-refractivity contribution in [1.29, 1.82) is 0 Å². The van der Waals surface area contributed by atoms with Gasteiger partial charge in [-0.1, -0.05) is 0 Å². The number of hydrogen-bond acceptors (Lipinski definition) is 4. The van der Waals surface area contributed by atoms with Crippen molar-refractivity contribution in [3.05, 3.63) is 30.2 Å². The van der Waals surface area contributed by atoms with Crippen LogP contribution in [0.2, 0.25) is 0 Å². The molecule has 0 amide bonds. The van der Waals surface area contributed by atoms with E-state index in [1.54, 1.807) is 6.07 Å². The average Bonchev–Trinajstić information content (AvgIpc) is 2.82. The predicted molar refractivity (Wildman–Crippen MR) is 65.6 cm³/mol. The summed E-state index contributed by atoms with van der Waals surface area (Å²) in [4.78, 5) is 4.43. The molecule has 0 radical (unpaired) electrons. The molecule has 0 bridgehead atoms. The highest BCUT2D eigenvalue weighted by Gasteiger charge is 2.30. The Bertz CT molecular complexity index is 675. The second-order valence-corrected chi connectivity index (χ2v) is 6.69. The molecule has 2 aromatic heterocycles. The molecule has 1 aliphatic rings. The maximum absolute atomic E-state index is 11.4. The fourth-order valence-corrected chi connectivity index (χ4v) is 4.04. The minimum absolute atomic E-state index is 0.0132. The molecule has 1 fully saturated rings. The summed E-state index contributed by atoms with van der Waals surface area (Å²) in [6, 6.07) is 3.64. The maximum atomic E-state index is 11.4. The first-order valence-corrected chi connectivity index (χ1v) is 7.31. The van der Waals surface area contributed by atoms with Gasteiger partial charge in [0.1, 0.15) is 0 Å². The van der Waals surface area contributed by atoms with Gasteiger partial charge in [-0.15, -0.1) is 0 Å². The molecule has 90 valence electrons. The van der Waals surface area contributed by atoms with E-state index in [4.69, 9.17) is 5.73 Å². The lowest BCUT2D eigenvalue weighted by Crippen LogP contribution is -2.03. The number of hydrogen-bond donors (Lipinski definition) is 1. The van der Waals surface area contributed by atoms with Gasteiger partial charge < -0.3 is 10.1 Å². The highest BCUT2D eigenvalue weighted by molar-refractivity contribution is 7.91. The van der Waals surface area contributed by atoms with Crippen molar-refractivity contribution in [3.63, 3.8) is 0 Å². The molecule has 1 unspecified atom stereocenters. The number of aromatic nitrogens is 2. The zero-order valence-electron chi connectivity index (χ0n) is 9.20. The Labute approximate surface area is 99.2 Å². The van der Waals surface area contributed by atoms with Crippen molar-refractivity contribution < 1.29 is 8.42 Å². The van der Waals surface area contributed by atoms with E-state index in [1.165, 1.54) is 0 Å². The van der Waals surface area contributed by atoms with E-state index >= 15 is 0 Å². The van der Waals surface area contributed by atoms with Gasteiger partial charge in [0.25, 0.3) is 0 Å². The number of anilines is 1. The Balaban J connectivity index is 2.05. The SMILES string of the molecule is Nc1cccn2cc(C3CCS(=O)(=O)C3)nc12. The van der Waals surface area contributed by atoms with Crippen molar-refractivity contribution in [3.8, 4) is 0 Å². The van der Waals surface area contributed by atoms with Gasteiger partial charge in [0.15, 0.2) is 15.5 Å². The molecule has 1 atom stereocenters. The summed E-state index contributed by atoms with van der Waals surface area (Å²) in [5.41, 5.74) is 7.95. The van der Waals surface area contributed by atoms with E-state index in [9.17, 15) is 8.42 Å². The van der Waals surface area contributed by atoms with Crippen LogP contribution in [0.1, 0.15) is 18.0 Å². The van der Waals surface area contributed by atoms with Crippen LogP contribution >= 0.6 is 0 Å². The largest absolute Gasteiger partial charge is 0.396 e. The number of nitrogens with zero attached hydrogens (tertiary/aromatic N) is 2. The lowest BCUT2D eigenvalue weighted by molar-refractivity contribution is 0.601. The molecule has 1 aliphatic heterocycles. The first-order chi connectivity index (χ1) is 8.05. The standard InChI is InChI=1S/C11H13N3O2S/c12-9-2-1-4-14-6-10(13-11(9)14)8-3-5-17(15,16)7-8/h1-2,4,6,8H,3,5,7,12H2. The number of nitrogen functional groups attached to an aromatic ring is 1. The summed E-state index contributed by atoms with van der Waals surface area (Å²) in [7, 11) is -2.87. The van der Waals surface area contributed by atoms with Crippen LogP contribution in [0.15, 0.2) is 24.5 Å². The third kappa shape index (κ3) is 1.78. The van der Waals surface area contributed by atoms with Crippen LogP contribution in [0.5, 0.6) is 0 Å². The fourth-order valence-electron chi connectivity index (χ4n) is 2.28. The van der Waals surface area contributed by atoms with Crippen LogP contribution in [0.4, 0.5) is 5.69 Å². The number of fused-ring (bicyclic) bond motifs is 1. The second kappa shape index (κ2) is 3.46. The van der Waals surface area contributed by atoms with E-state index < -0.39 is 9.84 Å². The molecular formula is C11H13N3O2S. The summed E-state index contributed by atoms with van der Waals surface area (Å²) >= 11 is 0. The van der Waals surface area contributed by atoms with Gasteiger partial charge in [0, 0.05) is 18.3 Å². The molecule has 3 heterocycles. The summed E-state index contributed by atoms with van der Waals surface area (Å²) in [6.07, 6.45) is 4.40. The summed E-state index contributed by atoms with van der Waals surface area (Å²) in [5, 5.41) is 0. The molecule has 6 heteroatoms. The molecule has 0 aromatic carbocycles. The van der Waals surface area contributed by atoms with Crippen molar-refractivity contribution in [2.75, 3.05) is 17.2 Å². The van der Waals surface area contributed by atoms with Gasteiger partial charge in [-0.3, -0.25) is 0 Å². The topological polar surface area (TPSA) is 77.5 Å². The van der Waals surface area contributed by atoms with Crippen molar-refractivity contribution in [2.24, 2.45) is 0 Å². The lowest BCUT2D eigenvalue weighted by atomic mass is 10.1. The fraction of sp³-hybridized carbons (Fsp3) is 0.364. The normalized spacial score (nSPS) is 23.2. The number of rotatable bonds is 1. The van der Waals surface area contributed by atoms with Gasteiger partial charge in [0.05, 0.1) is 22.9 Å². The summed E-state index contributed by atoms with van der Waals surface area (Å²) in [6.45, 7) is 0. The molecule has 0 aliphatic carbocycles. The Hall–Kier alpha value is -1.56. The van der Waals surface area contributed by atoms with Crippen molar-refractivity contribution >= 4 is 21.2 Å².